The van der Waals surface area contributed by atoms with Crippen LogP contribution < -0.4 is 20.1 Å². The van der Waals surface area contributed by atoms with E-state index in [1.54, 1.807) is 21.1 Å². The van der Waals surface area contributed by atoms with Gasteiger partial charge in [-0.05, 0) is 45.9 Å². The van der Waals surface area contributed by atoms with Crippen molar-refractivity contribution in [1.82, 2.24) is 10.6 Å². The molecule has 0 aliphatic heterocycles. The van der Waals surface area contributed by atoms with Crippen molar-refractivity contribution in [3.05, 3.63) is 23.8 Å². The molecule has 1 atom stereocenters. The molecule has 21 heavy (non-hydrogen) atoms. The lowest BCUT2D eigenvalue weighted by molar-refractivity contribution is -0.126. The molecule has 1 aromatic carbocycles. The van der Waals surface area contributed by atoms with E-state index in [4.69, 9.17) is 9.47 Å². The summed E-state index contributed by atoms with van der Waals surface area (Å²) in [6.45, 7) is 8.66. The van der Waals surface area contributed by atoms with Crippen molar-refractivity contribution in [3.8, 4) is 11.5 Å². The number of hydrogen-bond donors (Lipinski definition) is 2. The van der Waals surface area contributed by atoms with Gasteiger partial charge >= 0.3 is 0 Å². The Morgan fingerprint density at radius 3 is 2.52 bits per heavy atom. The van der Waals surface area contributed by atoms with Gasteiger partial charge in [-0.25, -0.2) is 0 Å². The first-order valence-electron chi connectivity index (χ1n) is 7.07. The number of benzene rings is 1. The quantitative estimate of drug-likeness (QED) is 0.843. The monoisotopic (exact) mass is 294 g/mol. The fourth-order valence-corrected chi connectivity index (χ4v) is 1.74. The van der Waals surface area contributed by atoms with E-state index in [1.807, 2.05) is 18.2 Å². The minimum Gasteiger partial charge on any atom is -0.497 e. The first-order chi connectivity index (χ1) is 9.76. The number of hydrogen-bond acceptors (Lipinski definition) is 4. The van der Waals surface area contributed by atoms with Gasteiger partial charge in [-0.15, -0.1) is 0 Å². The third-order valence-electron chi connectivity index (χ3n) is 3.00. The lowest BCUT2D eigenvalue weighted by Crippen LogP contribution is -2.36. The van der Waals surface area contributed by atoms with Gasteiger partial charge in [-0.1, -0.05) is 0 Å². The van der Waals surface area contributed by atoms with Crippen molar-refractivity contribution in [3.63, 3.8) is 0 Å². The van der Waals surface area contributed by atoms with Crippen LogP contribution in [0.2, 0.25) is 0 Å². The Morgan fingerprint density at radius 1 is 1.33 bits per heavy atom. The van der Waals surface area contributed by atoms with Crippen LogP contribution in [0.4, 0.5) is 0 Å². The predicted octanol–water partition coefficient (Wildman–Crippen LogP) is 2.10. The summed E-state index contributed by atoms with van der Waals surface area (Å²) in [6.07, 6.45) is -0.545. The van der Waals surface area contributed by atoms with Gasteiger partial charge in [0, 0.05) is 24.7 Å². The number of methoxy groups -OCH3 is 1. The second-order valence-corrected chi connectivity index (χ2v) is 5.95. The van der Waals surface area contributed by atoms with E-state index < -0.39 is 6.10 Å². The molecule has 5 heteroatoms. The van der Waals surface area contributed by atoms with Crippen LogP contribution in [0.1, 0.15) is 33.3 Å². The Labute approximate surface area is 127 Å². The second kappa shape index (κ2) is 7.31. The van der Waals surface area contributed by atoms with Gasteiger partial charge < -0.3 is 20.1 Å². The van der Waals surface area contributed by atoms with Gasteiger partial charge in [0.25, 0.3) is 5.91 Å². The number of amides is 1. The maximum Gasteiger partial charge on any atom is 0.260 e. The number of carbonyl (C=O) groups is 1. The first kappa shape index (κ1) is 17.3. The molecule has 0 aliphatic rings. The average molecular weight is 294 g/mol. The number of nitrogens with one attached hydrogen (secondary N) is 2. The number of carbonyl (C=O) groups excluding carboxylic acids is 1. The summed E-state index contributed by atoms with van der Waals surface area (Å²) in [5.74, 6) is 1.30. The van der Waals surface area contributed by atoms with E-state index in [2.05, 4.69) is 31.4 Å². The van der Waals surface area contributed by atoms with Crippen molar-refractivity contribution < 1.29 is 14.3 Å². The topological polar surface area (TPSA) is 59.6 Å². The molecule has 0 saturated heterocycles. The summed E-state index contributed by atoms with van der Waals surface area (Å²) in [5.41, 5.74) is 0.951. The molecule has 1 rings (SSSR count). The maximum absolute atomic E-state index is 11.6. The Hall–Kier alpha value is -1.75. The highest BCUT2D eigenvalue weighted by atomic mass is 16.5. The summed E-state index contributed by atoms with van der Waals surface area (Å²) in [4.78, 5) is 11.6. The predicted molar refractivity (Wildman–Crippen MR) is 83.7 cm³/mol. The molecule has 0 saturated carbocycles. The largest absolute Gasteiger partial charge is 0.497 e. The molecule has 0 aliphatic carbocycles. The van der Waals surface area contributed by atoms with Crippen LogP contribution in [0.25, 0.3) is 0 Å². The van der Waals surface area contributed by atoms with Crippen LogP contribution in [-0.2, 0) is 11.3 Å². The fourth-order valence-electron chi connectivity index (χ4n) is 1.74. The summed E-state index contributed by atoms with van der Waals surface area (Å²) in [7, 11) is 3.22. The normalized spacial score (nSPS) is 12.7. The highest BCUT2D eigenvalue weighted by Gasteiger charge is 2.17. The van der Waals surface area contributed by atoms with E-state index in [-0.39, 0.29) is 11.4 Å². The van der Waals surface area contributed by atoms with E-state index in [1.165, 1.54) is 0 Å². The molecule has 1 unspecified atom stereocenters. The van der Waals surface area contributed by atoms with Gasteiger partial charge in [-0.2, -0.15) is 0 Å². The van der Waals surface area contributed by atoms with Crippen molar-refractivity contribution in [2.75, 3.05) is 14.2 Å². The smallest absolute Gasteiger partial charge is 0.260 e. The molecule has 118 valence electrons. The van der Waals surface area contributed by atoms with Crippen molar-refractivity contribution in [2.45, 2.75) is 45.9 Å². The SMILES string of the molecule is CNC(=O)C(C)Oc1ccc(OC)cc1CNC(C)(C)C. The zero-order valence-corrected chi connectivity index (χ0v) is 13.7. The fraction of sp³-hybridized carbons (Fsp3) is 0.562. The third-order valence-corrected chi connectivity index (χ3v) is 3.00. The molecule has 0 heterocycles. The molecular formula is C16H26N2O3. The Bertz CT molecular complexity index is 481. The number of rotatable bonds is 6. The van der Waals surface area contributed by atoms with Gasteiger partial charge in [0.15, 0.2) is 6.10 Å². The Balaban J connectivity index is 2.93. The molecule has 0 bridgehead atoms. The zero-order chi connectivity index (χ0) is 16.0. The zero-order valence-electron chi connectivity index (χ0n) is 13.7. The minimum atomic E-state index is -0.545. The lowest BCUT2D eigenvalue weighted by atomic mass is 10.1. The van der Waals surface area contributed by atoms with Crippen molar-refractivity contribution >= 4 is 5.91 Å². The summed E-state index contributed by atoms with van der Waals surface area (Å²) >= 11 is 0. The summed E-state index contributed by atoms with van der Waals surface area (Å²) < 4.78 is 11.0. The Kier molecular flexibility index (Phi) is 6.03. The molecule has 0 radical (unpaired) electrons. The van der Waals surface area contributed by atoms with E-state index in [0.717, 1.165) is 11.3 Å². The number of likely N-dealkylation sites (N-methyl/N-ethyl adjacent to an activating group) is 1. The summed E-state index contributed by atoms with van der Waals surface area (Å²) in [6, 6.07) is 5.58. The van der Waals surface area contributed by atoms with Crippen molar-refractivity contribution in [1.29, 1.82) is 0 Å². The standard InChI is InChI=1S/C16H26N2O3/c1-11(15(19)17-5)21-14-8-7-13(20-6)9-12(14)10-18-16(2,3)4/h7-9,11,18H,10H2,1-6H3,(H,17,19). The van der Waals surface area contributed by atoms with Gasteiger partial charge in [0.1, 0.15) is 11.5 Å². The third kappa shape index (κ3) is 5.63. The Morgan fingerprint density at radius 2 is 2.00 bits per heavy atom. The molecule has 0 spiro atoms. The van der Waals surface area contributed by atoms with Crippen LogP contribution in [0.3, 0.4) is 0 Å². The highest BCUT2D eigenvalue weighted by molar-refractivity contribution is 5.80. The van der Waals surface area contributed by atoms with E-state index in [0.29, 0.717) is 12.3 Å². The molecular weight excluding hydrogens is 268 g/mol. The summed E-state index contributed by atoms with van der Waals surface area (Å²) in [5, 5.41) is 5.99. The van der Waals surface area contributed by atoms with Crippen LogP contribution in [0.5, 0.6) is 11.5 Å². The molecule has 1 aromatic rings. The van der Waals surface area contributed by atoms with E-state index >= 15 is 0 Å². The number of ether oxygens (including phenoxy) is 2. The average Bonchev–Trinajstić information content (AvgIpc) is 2.44. The van der Waals surface area contributed by atoms with Crippen LogP contribution in [-0.4, -0.2) is 31.7 Å². The molecule has 0 aromatic heterocycles. The van der Waals surface area contributed by atoms with Crippen molar-refractivity contribution in [2.24, 2.45) is 0 Å². The van der Waals surface area contributed by atoms with E-state index in [9.17, 15) is 4.79 Å². The van der Waals surface area contributed by atoms with Gasteiger partial charge in [0.2, 0.25) is 0 Å². The second-order valence-electron chi connectivity index (χ2n) is 5.95. The molecule has 5 nitrogen and oxygen atoms in total. The van der Waals surface area contributed by atoms with Gasteiger partial charge in [0.05, 0.1) is 7.11 Å². The van der Waals surface area contributed by atoms with Crippen LogP contribution in [0, 0.1) is 0 Å². The van der Waals surface area contributed by atoms with Gasteiger partial charge in [-0.3, -0.25) is 4.79 Å². The molecule has 2 N–H and O–H groups in total. The highest BCUT2D eigenvalue weighted by Crippen LogP contribution is 2.25. The lowest BCUT2D eigenvalue weighted by Gasteiger charge is -2.23. The van der Waals surface area contributed by atoms with Crippen LogP contribution in [0.15, 0.2) is 18.2 Å². The minimum absolute atomic E-state index is 0.00719. The first-order valence-corrected chi connectivity index (χ1v) is 7.07. The maximum atomic E-state index is 11.6. The molecule has 0 fully saturated rings. The molecule has 1 amide bonds. The van der Waals surface area contributed by atoms with Crippen LogP contribution >= 0.6 is 0 Å².